The molecule has 0 N–H and O–H groups in total. The van der Waals surface area contributed by atoms with Gasteiger partial charge < -0.3 is 0 Å². The topological polar surface area (TPSA) is 17.1 Å². The Morgan fingerprint density at radius 2 is 1.73 bits per heavy atom. The van der Waals surface area contributed by atoms with Crippen LogP contribution < -0.4 is 0 Å². The van der Waals surface area contributed by atoms with Crippen LogP contribution in [-0.2, 0) is 4.79 Å². The van der Waals surface area contributed by atoms with E-state index < -0.39 is 12.2 Å². The van der Waals surface area contributed by atoms with Crippen LogP contribution in [0.25, 0.3) is 0 Å². The van der Waals surface area contributed by atoms with E-state index in [0.717, 1.165) is 19.3 Å². The summed E-state index contributed by atoms with van der Waals surface area (Å²) < 4.78 is 23.4. The van der Waals surface area contributed by atoms with Crippen molar-refractivity contribution in [1.29, 1.82) is 0 Å². The second kappa shape index (κ2) is 9.64. The van der Waals surface area contributed by atoms with E-state index in [9.17, 15) is 13.6 Å². The summed E-state index contributed by atoms with van der Waals surface area (Å²) in [6, 6.07) is 0. The lowest BCUT2D eigenvalue weighted by molar-refractivity contribution is -0.123. The van der Waals surface area contributed by atoms with Crippen LogP contribution in [0.5, 0.6) is 0 Å². The van der Waals surface area contributed by atoms with Crippen LogP contribution in [0.2, 0.25) is 0 Å². The lowest BCUT2D eigenvalue weighted by atomic mass is 10.1. The lowest BCUT2D eigenvalue weighted by Gasteiger charge is -1.96. The first-order valence-electron chi connectivity index (χ1n) is 5.49. The molecule has 86 valence electrons. The number of halogens is 2. The second-order valence-corrected chi connectivity index (χ2v) is 3.48. The summed E-state index contributed by atoms with van der Waals surface area (Å²) in [6.45, 7) is 2.15. The van der Waals surface area contributed by atoms with Gasteiger partial charge in [-0.25, -0.2) is 8.78 Å². The van der Waals surface area contributed by atoms with Gasteiger partial charge in [0, 0.05) is 6.42 Å². The number of alkyl halides is 2. The van der Waals surface area contributed by atoms with Gasteiger partial charge >= 0.3 is 6.43 Å². The molecule has 1 nitrogen and oxygen atoms in total. The van der Waals surface area contributed by atoms with Gasteiger partial charge in [0.05, 0.1) is 0 Å². The molecule has 0 radical (unpaired) electrons. The summed E-state index contributed by atoms with van der Waals surface area (Å²) in [6.07, 6.45) is 4.41. The minimum Gasteiger partial charge on any atom is -0.278 e. The van der Waals surface area contributed by atoms with Crippen molar-refractivity contribution < 1.29 is 13.6 Å². The van der Waals surface area contributed by atoms with Crippen molar-refractivity contribution in [3.63, 3.8) is 0 Å². The number of Topliss-reactive ketones (excluding diaryl/α,β-unsaturated/α-hetero) is 1. The summed E-state index contributed by atoms with van der Waals surface area (Å²) in [5.74, 6) is 3.16. The zero-order chi connectivity index (χ0) is 11.5. The number of hydrogen-bond donors (Lipinski definition) is 0. The number of carbonyl (C=O) groups excluding carboxylic acids is 1. The third-order valence-corrected chi connectivity index (χ3v) is 2.07. The Kier molecular flexibility index (Phi) is 9.05. The van der Waals surface area contributed by atoms with Gasteiger partial charge in [-0.1, -0.05) is 44.9 Å². The van der Waals surface area contributed by atoms with E-state index in [1.54, 1.807) is 0 Å². The Morgan fingerprint density at radius 1 is 1.13 bits per heavy atom. The normalized spacial score (nSPS) is 9.87. The first-order valence-corrected chi connectivity index (χ1v) is 5.49. The Morgan fingerprint density at radius 3 is 2.33 bits per heavy atom. The van der Waals surface area contributed by atoms with E-state index in [4.69, 9.17) is 0 Å². The highest BCUT2D eigenvalue weighted by Crippen LogP contribution is 2.06. The third-order valence-electron chi connectivity index (χ3n) is 2.07. The maximum absolute atomic E-state index is 11.7. The van der Waals surface area contributed by atoms with Crippen molar-refractivity contribution in [1.82, 2.24) is 0 Å². The Bertz CT molecular complexity index is 226. The number of ketones is 1. The molecule has 0 spiro atoms. The average Bonchev–Trinajstić information content (AvgIpc) is 2.21. The zero-order valence-electron chi connectivity index (χ0n) is 9.19. The molecule has 0 amide bonds. The Labute approximate surface area is 90.2 Å². The highest BCUT2D eigenvalue weighted by molar-refractivity contribution is 5.97. The highest BCUT2D eigenvalue weighted by Gasteiger charge is 2.10. The molecule has 0 aromatic rings. The predicted molar refractivity (Wildman–Crippen MR) is 56.8 cm³/mol. The molecule has 0 atom stereocenters. The lowest BCUT2D eigenvalue weighted by Crippen LogP contribution is -2.05. The molecule has 15 heavy (non-hydrogen) atoms. The molecule has 0 aliphatic rings. The van der Waals surface area contributed by atoms with Gasteiger partial charge in [-0.2, -0.15) is 0 Å². The van der Waals surface area contributed by atoms with Crippen LogP contribution in [0.15, 0.2) is 0 Å². The van der Waals surface area contributed by atoms with Gasteiger partial charge in [0.2, 0.25) is 0 Å². The maximum Gasteiger partial charge on any atom is 0.308 e. The molecule has 0 aliphatic carbocycles. The van der Waals surface area contributed by atoms with E-state index in [1.807, 2.05) is 5.92 Å². The standard InChI is InChI=1S/C12H18F2O/c1-2-3-4-5-6-7-8-9-10-11(15)12(13)14/h12H,2-8H2,1H3. The van der Waals surface area contributed by atoms with Gasteiger partial charge in [0.1, 0.15) is 0 Å². The van der Waals surface area contributed by atoms with Gasteiger partial charge in [0.15, 0.2) is 0 Å². The molecular formula is C12H18F2O. The second-order valence-electron chi connectivity index (χ2n) is 3.48. The molecule has 0 aliphatic heterocycles. The van der Waals surface area contributed by atoms with Crippen molar-refractivity contribution in [3.05, 3.63) is 0 Å². The summed E-state index contributed by atoms with van der Waals surface area (Å²) in [4.78, 5) is 10.4. The minimum atomic E-state index is -2.94. The van der Waals surface area contributed by atoms with Crippen molar-refractivity contribution in [2.24, 2.45) is 0 Å². The number of unbranched alkanes of at least 4 members (excludes halogenated alkanes) is 6. The molecular weight excluding hydrogens is 198 g/mol. The largest absolute Gasteiger partial charge is 0.308 e. The van der Waals surface area contributed by atoms with Crippen LogP contribution in [0.4, 0.5) is 8.78 Å². The summed E-state index contributed by atoms with van der Waals surface area (Å²) in [5, 5.41) is 0. The monoisotopic (exact) mass is 216 g/mol. The molecule has 0 unspecified atom stereocenters. The van der Waals surface area contributed by atoms with Crippen LogP contribution >= 0.6 is 0 Å². The number of hydrogen-bond acceptors (Lipinski definition) is 1. The van der Waals surface area contributed by atoms with Crippen molar-refractivity contribution >= 4 is 5.78 Å². The molecule has 0 saturated heterocycles. The molecule has 3 heteroatoms. The minimum absolute atomic E-state index is 0.546. The number of rotatable bonds is 7. The third kappa shape index (κ3) is 9.40. The molecule has 0 rings (SSSR count). The summed E-state index contributed by atoms with van der Waals surface area (Å²) >= 11 is 0. The fourth-order valence-electron chi connectivity index (χ4n) is 1.20. The van der Waals surface area contributed by atoms with Gasteiger partial charge in [-0.3, -0.25) is 4.79 Å². The van der Waals surface area contributed by atoms with Crippen molar-refractivity contribution in [3.8, 4) is 11.8 Å². The smallest absolute Gasteiger partial charge is 0.278 e. The van der Waals surface area contributed by atoms with Crippen LogP contribution in [0.1, 0.15) is 51.9 Å². The summed E-state index contributed by atoms with van der Waals surface area (Å²) in [7, 11) is 0. The summed E-state index contributed by atoms with van der Waals surface area (Å²) in [5.41, 5.74) is 0. The quantitative estimate of drug-likeness (QED) is 0.361. The maximum atomic E-state index is 11.7. The van der Waals surface area contributed by atoms with E-state index in [1.165, 1.54) is 19.3 Å². The van der Waals surface area contributed by atoms with Crippen molar-refractivity contribution in [2.75, 3.05) is 0 Å². The van der Waals surface area contributed by atoms with Crippen LogP contribution in [-0.4, -0.2) is 12.2 Å². The Balaban J connectivity index is 3.34. The number of carbonyl (C=O) groups is 1. The van der Waals surface area contributed by atoms with E-state index >= 15 is 0 Å². The van der Waals surface area contributed by atoms with E-state index in [2.05, 4.69) is 12.8 Å². The molecule has 0 heterocycles. The SMILES string of the molecule is CCCCCCCCC#CC(=O)C(F)F. The molecule has 0 bridgehead atoms. The van der Waals surface area contributed by atoms with Gasteiger partial charge in [-0.05, 0) is 12.3 Å². The zero-order valence-corrected chi connectivity index (χ0v) is 9.19. The van der Waals surface area contributed by atoms with Gasteiger partial charge in [0.25, 0.3) is 5.78 Å². The van der Waals surface area contributed by atoms with Crippen LogP contribution in [0, 0.1) is 11.8 Å². The molecule has 0 fully saturated rings. The van der Waals surface area contributed by atoms with Gasteiger partial charge in [-0.15, -0.1) is 0 Å². The first kappa shape index (κ1) is 14.1. The van der Waals surface area contributed by atoms with E-state index in [-0.39, 0.29) is 0 Å². The van der Waals surface area contributed by atoms with E-state index in [0.29, 0.717) is 6.42 Å². The predicted octanol–water partition coefficient (Wildman–Crippen LogP) is 3.57. The van der Waals surface area contributed by atoms with Crippen molar-refractivity contribution in [2.45, 2.75) is 58.3 Å². The first-order chi connectivity index (χ1) is 7.18. The molecule has 0 saturated carbocycles. The molecule has 0 aromatic carbocycles. The van der Waals surface area contributed by atoms with Crippen LogP contribution in [0.3, 0.4) is 0 Å². The fourth-order valence-corrected chi connectivity index (χ4v) is 1.20. The highest BCUT2D eigenvalue weighted by atomic mass is 19.3. The fraction of sp³-hybridized carbons (Fsp3) is 0.750. The Hall–Kier alpha value is -0.910. The molecule has 0 aromatic heterocycles. The average molecular weight is 216 g/mol.